The van der Waals surface area contributed by atoms with Gasteiger partial charge in [-0.15, -0.1) is 0 Å². The van der Waals surface area contributed by atoms with Crippen LogP contribution in [0.4, 0.5) is 5.69 Å². The highest BCUT2D eigenvalue weighted by atomic mass is 15.0. The first kappa shape index (κ1) is 10.8. The van der Waals surface area contributed by atoms with Crippen molar-refractivity contribution in [2.75, 3.05) is 5.73 Å². The number of hydrogen-bond donors (Lipinski definition) is 1. The molecule has 3 rings (SSSR count). The summed E-state index contributed by atoms with van der Waals surface area (Å²) in [7, 11) is 0. The van der Waals surface area contributed by atoms with Crippen LogP contribution < -0.4 is 5.73 Å². The molecule has 0 aliphatic rings. The molecule has 18 heavy (non-hydrogen) atoms. The van der Waals surface area contributed by atoms with Crippen LogP contribution in [-0.4, -0.2) is 9.38 Å². The Bertz CT molecular complexity index is 726. The largest absolute Gasteiger partial charge is 0.398 e. The molecule has 0 saturated carbocycles. The molecule has 90 valence electrons. The Hall–Kier alpha value is -2.29. The highest BCUT2D eigenvalue weighted by molar-refractivity contribution is 5.67. The maximum Gasteiger partial charge on any atom is 0.137 e. The minimum absolute atomic E-state index is 0.743. The van der Waals surface area contributed by atoms with E-state index < -0.39 is 0 Å². The first-order valence-electron chi connectivity index (χ1n) is 5.95. The summed E-state index contributed by atoms with van der Waals surface area (Å²) in [6, 6.07) is 10.2. The van der Waals surface area contributed by atoms with E-state index >= 15 is 0 Å². The van der Waals surface area contributed by atoms with Gasteiger partial charge in [0.25, 0.3) is 0 Å². The number of hydrogen-bond acceptors (Lipinski definition) is 2. The van der Waals surface area contributed by atoms with Gasteiger partial charge < -0.3 is 10.1 Å². The molecule has 0 saturated heterocycles. The number of imidazole rings is 1. The van der Waals surface area contributed by atoms with E-state index in [0.29, 0.717) is 0 Å². The minimum atomic E-state index is 0.743. The summed E-state index contributed by atoms with van der Waals surface area (Å²) in [5, 5.41) is 0. The third-order valence-electron chi connectivity index (χ3n) is 3.13. The maximum absolute atomic E-state index is 5.77. The third-order valence-corrected chi connectivity index (χ3v) is 3.13. The van der Waals surface area contributed by atoms with E-state index in [1.165, 1.54) is 16.7 Å². The van der Waals surface area contributed by atoms with Crippen LogP contribution in [0.1, 0.15) is 11.1 Å². The number of nitrogens with two attached hydrogens (primary N) is 1. The minimum Gasteiger partial charge on any atom is -0.398 e. The number of benzene rings is 1. The van der Waals surface area contributed by atoms with Gasteiger partial charge in [0.15, 0.2) is 0 Å². The van der Waals surface area contributed by atoms with Crippen LogP contribution in [-0.2, 0) is 0 Å². The molecule has 2 aromatic heterocycles. The van der Waals surface area contributed by atoms with Crippen LogP contribution in [0.5, 0.6) is 0 Å². The Morgan fingerprint density at radius 3 is 2.67 bits per heavy atom. The number of rotatable bonds is 1. The van der Waals surface area contributed by atoms with E-state index in [9.17, 15) is 0 Å². The second-order valence-electron chi connectivity index (χ2n) is 4.67. The van der Waals surface area contributed by atoms with Crippen molar-refractivity contribution in [2.45, 2.75) is 13.8 Å². The van der Waals surface area contributed by atoms with Crippen LogP contribution >= 0.6 is 0 Å². The highest BCUT2D eigenvalue weighted by Gasteiger charge is 2.07. The Kier molecular flexibility index (Phi) is 2.33. The fourth-order valence-corrected chi connectivity index (χ4v) is 2.24. The number of fused-ring (bicyclic) bond motifs is 1. The second kappa shape index (κ2) is 3.88. The normalized spacial score (nSPS) is 11.0. The molecule has 0 bridgehead atoms. The molecule has 0 spiro atoms. The summed E-state index contributed by atoms with van der Waals surface area (Å²) in [5.74, 6) is 0. The van der Waals surface area contributed by atoms with Crippen molar-refractivity contribution in [1.29, 1.82) is 0 Å². The standard InChI is InChI=1S/C15H15N3/c1-10-3-5-13(11(2)7-10)14-9-18-8-12(16)4-6-15(18)17-14/h3-9H,16H2,1-2H3. The van der Waals surface area contributed by atoms with Crippen molar-refractivity contribution in [3.63, 3.8) is 0 Å². The van der Waals surface area contributed by atoms with Gasteiger partial charge in [0.2, 0.25) is 0 Å². The molecule has 3 aromatic rings. The molecule has 2 N–H and O–H groups in total. The zero-order valence-corrected chi connectivity index (χ0v) is 10.5. The molecule has 0 unspecified atom stereocenters. The van der Waals surface area contributed by atoms with Crippen LogP contribution in [0.3, 0.4) is 0 Å². The van der Waals surface area contributed by atoms with Crippen molar-refractivity contribution in [1.82, 2.24) is 9.38 Å². The van der Waals surface area contributed by atoms with Crippen LogP contribution in [0.2, 0.25) is 0 Å². The molecule has 0 aliphatic heterocycles. The maximum atomic E-state index is 5.77. The van der Waals surface area contributed by atoms with Crippen LogP contribution in [0.15, 0.2) is 42.7 Å². The lowest BCUT2D eigenvalue weighted by molar-refractivity contribution is 1.19. The first-order valence-corrected chi connectivity index (χ1v) is 5.95. The van der Waals surface area contributed by atoms with Gasteiger partial charge in [0.1, 0.15) is 5.65 Å². The number of anilines is 1. The summed E-state index contributed by atoms with van der Waals surface area (Å²) in [6.07, 6.45) is 3.90. The Morgan fingerprint density at radius 1 is 1.06 bits per heavy atom. The van der Waals surface area contributed by atoms with Gasteiger partial charge in [-0.2, -0.15) is 0 Å². The summed E-state index contributed by atoms with van der Waals surface area (Å²) < 4.78 is 1.96. The van der Waals surface area contributed by atoms with Crippen molar-refractivity contribution in [3.8, 4) is 11.3 Å². The average Bonchev–Trinajstić information content (AvgIpc) is 2.71. The van der Waals surface area contributed by atoms with Crippen molar-refractivity contribution >= 4 is 11.3 Å². The summed E-state index contributed by atoms with van der Waals surface area (Å²) in [5.41, 5.74) is 12.1. The fourth-order valence-electron chi connectivity index (χ4n) is 2.24. The van der Waals surface area contributed by atoms with Crippen LogP contribution in [0, 0.1) is 13.8 Å². The molecule has 2 heterocycles. The first-order chi connectivity index (χ1) is 8.63. The van der Waals surface area contributed by atoms with Crippen molar-refractivity contribution in [2.24, 2.45) is 0 Å². The molecule has 0 fully saturated rings. The van der Waals surface area contributed by atoms with Gasteiger partial charge in [-0.05, 0) is 31.5 Å². The quantitative estimate of drug-likeness (QED) is 0.706. The monoisotopic (exact) mass is 237 g/mol. The Balaban J connectivity index is 2.19. The van der Waals surface area contributed by atoms with Crippen LogP contribution in [0.25, 0.3) is 16.9 Å². The predicted molar refractivity (Wildman–Crippen MR) is 74.5 cm³/mol. The zero-order valence-electron chi connectivity index (χ0n) is 10.5. The smallest absolute Gasteiger partial charge is 0.137 e. The molecule has 0 radical (unpaired) electrons. The van der Waals surface area contributed by atoms with E-state index in [4.69, 9.17) is 5.73 Å². The van der Waals surface area contributed by atoms with Gasteiger partial charge >= 0.3 is 0 Å². The molecule has 0 amide bonds. The molecule has 3 nitrogen and oxygen atoms in total. The van der Waals surface area contributed by atoms with E-state index in [-0.39, 0.29) is 0 Å². The Morgan fingerprint density at radius 2 is 1.89 bits per heavy atom. The van der Waals surface area contributed by atoms with E-state index in [1.54, 1.807) is 0 Å². The lowest BCUT2D eigenvalue weighted by atomic mass is 10.0. The summed E-state index contributed by atoms with van der Waals surface area (Å²) in [4.78, 5) is 4.62. The van der Waals surface area contributed by atoms with Gasteiger partial charge in [-0.1, -0.05) is 23.8 Å². The van der Waals surface area contributed by atoms with Crippen molar-refractivity contribution < 1.29 is 0 Å². The van der Waals surface area contributed by atoms with E-state index in [2.05, 4.69) is 37.0 Å². The number of nitrogen functional groups attached to an aromatic ring is 1. The zero-order chi connectivity index (χ0) is 12.7. The van der Waals surface area contributed by atoms with Gasteiger partial charge in [0, 0.05) is 23.6 Å². The van der Waals surface area contributed by atoms with Gasteiger partial charge in [-0.25, -0.2) is 4.98 Å². The topological polar surface area (TPSA) is 43.3 Å². The molecule has 1 aromatic carbocycles. The lowest BCUT2D eigenvalue weighted by Gasteiger charge is -2.02. The average molecular weight is 237 g/mol. The Labute approximate surface area is 106 Å². The van der Waals surface area contributed by atoms with Gasteiger partial charge in [0.05, 0.1) is 5.69 Å². The third kappa shape index (κ3) is 1.74. The molecule has 0 aliphatic carbocycles. The molecule has 3 heteroatoms. The highest BCUT2D eigenvalue weighted by Crippen LogP contribution is 2.24. The number of aromatic nitrogens is 2. The van der Waals surface area contributed by atoms with Crippen molar-refractivity contribution in [3.05, 3.63) is 53.9 Å². The number of pyridine rings is 1. The molecular weight excluding hydrogens is 222 g/mol. The SMILES string of the molecule is Cc1ccc(-c2cn3cc(N)ccc3n2)c(C)c1. The second-order valence-corrected chi connectivity index (χ2v) is 4.67. The lowest BCUT2D eigenvalue weighted by Crippen LogP contribution is -1.88. The fraction of sp³-hybridized carbons (Fsp3) is 0.133. The molecular formula is C15H15N3. The van der Waals surface area contributed by atoms with E-state index in [0.717, 1.165) is 17.0 Å². The van der Waals surface area contributed by atoms with E-state index in [1.807, 2.05) is 28.9 Å². The molecule has 0 atom stereocenters. The number of aryl methyl sites for hydroxylation is 2. The predicted octanol–water partition coefficient (Wildman–Crippen LogP) is 3.20. The summed E-state index contributed by atoms with van der Waals surface area (Å²) >= 11 is 0. The summed E-state index contributed by atoms with van der Waals surface area (Å²) in [6.45, 7) is 4.21. The number of nitrogens with zero attached hydrogens (tertiary/aromatic N) is 2. The van der Waals surface area contributed by atoms with Gasteiger partial charge in [-0.3, -0.25) is 0 Å².